The van der Waals surface area contributed by atoms with Gasteiger partial charge in [-0.15, -0.1) is 0 Å². The summed E-state index contributed by atoms with van der Waals surface area (Å²) in [5, 5.41) is 11.6. The van der Waals surface area contributed by atoms with Gasteiger partial charge in [0.15, 0.2) is 0 Å². The van der Waals surface area contributed by atoms with Gasteiger partial charge in [0, 0.05) is 37.4 Å². The second-order valence-corrected chi connectivity index (χ2v) is 16.9. The smallest absolute Gasteiger partial charge is 0.315 e. The number of unbranched alkanes of at least 4 members (excludes halogenated alkanes) is 1. The summed E-state index contributed by atoms with van der Waals surface area (Å²) in [6, 6.07) is 8.23. The molecule has 4 aliphatic carbocycles. The van der Waals surface area contributed by atoms with Gasteiger partial charge in [-0.25, -0.2) is 0 Å². The highest BCUT2D eigenvalue weighted by molar-refractivity contribution is 5.90. The van der Waals surface area contributed by atoms with Crippen LogP contribution in [0.2, 0.25) is 0 Å². The van der Waals surface area contributed by atoms with Crippen molar-refractivity contribution in [2.24, 2.45) is 51.8 Å². The summed E-state index contributed by atoms with van der Waals surface area (Å²) >= 11 is 0. The summed E-state index contributed by atoms with van der Waals surface area (Å²) < 4.78 is 7.46. The number of pyridine rings is 2. The predicted octanol–water partition coefficient (Wildman–Crippen LogP) is 7.98. The molecule has 49 heavy (non-hydrogen) atoms. The molecule has 7 rings (SSSR count). The fourth-order valence-corrected chi connectivity index (χ4v) is 12.2. The molecule has 10 atom stereocenters. The third-order valence-corrected chi connectivity index (χ3v) is 14.3. The monoisotopic (exact) mass is 667 g/mol. The van der Waals surface area contributed by atoms with Crippen LogP contribution < -0.4 is 0 Å². The molecule has 0 spiro atoms. The first-order valence-corrected chi connectivity index (χ1v) is 19.1. The number of carbonyl (C=O) groups excluding carboxylic acids is 1. The Morgan fingerprint density at radius 1 is 1.08 bits per heavy atom. The highest BCUT2D eigenvalue weighted by atomic mass is 16.5. The number of aryl methyl sites for hydroxylation is 2. The van der Waals surface area contributed by atoms with Crippen molar-refractivity contribution in [3.63, 3.8) is 0 Å². The molecule has 0 amide bonds. The van der Waals surface area contributed by atoms with Crippen molar-refractivity contribution >= 4 is 12.3 Å². The van der Waals surface area contributed by atoms with Gasteiger partial charge in [-0.2, -0.15) is 0 Å². The van der Waals surface area contributed by atoms with Crippen molar-refractivity contribution in [1.29, 1.82) is 0 Å². The molecule has 7 nitrogen and oxygen atoms in total. The first-order chi connectivity index (χ1) is 23.5. The SMILES string of the molecule is CCCCC1CC(C23C[C@@H]4[C@H](C)CC[C@H]4C4(C=O)CC2C=C(C(C)C)C34C(=O)O)OC1CN(Cc1ncccc1C)Cc1ncccc1C. The second kappa shape index (κ2) is 13.0. The fourth-order valence-electron chi connectivity index (χ4n) is 12.2. The molecule has 3 heterocycles. The van der Waals surface area contributed by atoms with E-state index in [1.54, 1.807) is 0 Å². The molecule has 1 aliphatic heterocycles. The Kier molecular flexibility index (Phi) is 9.17. The predicted molar refractivity (Wildman–Crippen MR) is 190 cm³/mol. The Balaban J connectivity index is 1.29. The Hall–Kier alpha value is -2.90. The molecule has 2 aromatic rings. The Morgan fingerprint density at radius 2 is 1.76 bits per heavy atom. The van der Waals surface area contributed by atoms with Crippen molar-refractivity contribution < 1.29 is 19.4 Å². The van der Waals surface area contributed by atoms with Crippen LogP contribution in [0.3, 0.4) is 0 Å². The van der Waals surface area contributed by atoms with E-state index < -0.39 is 22.2 Å². The van der Waals surface area contributed by atoms with Gasteiger partial charge in [-0.1, -0.05) is 70.7 Å². The number of aromatic nitrogens is 2. The second-order valence-electron chi connectivity index (χ2n) is 16.9. The zero-order valence-electron chi connectivity index (χ0n) is 30.5. The molecule has 4 fully saturated rings. The van der Waals surface area contributed by atoms with Gasteiger partial charge in [0.1, 0.15) is 11.7 Å². The number of fused-ring (bicyclic) bond motifs is 2. The number of aldehydes is 1. The van der Waals surface area contributed by atoms with Crippen molar-refractivity contribution in [3.8, 4) is 0 Å². The topological polar surface area (TPSA) is 92.6 Å². The molecule has 7 heteroatoms. The first-order valence-electron chi connectivity index (χ1n) is 19.1. The lowest BCUT2D eigenvalue weighted by atomic mass is 9.41. The van der Waals surface area contributed by atoms with Crippen LogP contribution in [0.1, 0.15) is 102 Å². The number of carboxylic acid groups (broad SMARTS) is 1. The van der Waals surface area contributed by atoms with E-state index in [0.717, 1.165) is 74.7 Å². The van der Waals surface area contributed by atoms with Crippen molar-refractivity contribution in [1.82, 2.24) is 14.9 Å². The molecule has 5 aliphatic rings. The maximum absolute atomic E-state index is 14.2. The number of carboxylic acids is 1. The molecular weight excluding hydrogens is 610 g/mol. The minimum atomic E-state index is -1.21. The van der Waals surface area contributed by atoms with Gasteiger partial charge in [0.05, 0.1) is 29.0 Å². The summed E-state index contributed by atoms with van der Waals surface area (Å²) in [6.45, 7) is 15.2. The van der Waals surface area contributed by atoms with Crippen molar-refractivity contribution in [2.75, 3.05) is 6.54 Å². The summed E-state index contributed by atoms with van der Waals surface area (Å²) in [6.07, 6.45) is 14.6. The van der Waals surface area contributed by atoms with Crippen LogP contribution in [0.25, 0.3) is 0 Å². The van der Waals surface area contributed by atoms with Gasteiger partial charge >= 0.3 is 5.97 Å². The normalized spacial score (nSPS) is 37.6. The maximum Gasteiger partial charge on any atom is 0.315 e. The number of hydrogen-bond donors (Lipinski definition) is 1. The summed E-state index contributed by atoms with van der Waals surface area (Å²) in [7, 11) is 0. The van der Waals surface area contributed by atoms with Crippen LogP contribution in [0, 0.1) is 65.6 Å². The molecule has 0 radical (unpaired) electrons. The Morgan fingerprint density at radius 3 is 2.33 bits per heavy atom. The van der Waals surface area contributed by atoms with E-state index in [1.165, 1.54) is 11.1 Å². The molecular formula is C42H57N3O4. The molecule has 4 bridgehead atoms. The molecule has 1 N–H and O–H groups in total. The lowest BCUT2D eigenvalue weighted by molar-refractivity contribution is -0.197. The third-order valence-electron chi connectivity index (χ3n) is 14.3. The van der Waals surface area contributed by atoms with Crippen LogP contribution >= 0.6 is 0 Å². The number of allylic oxidation sites excluding steroid dienone is 1. The zero-order chi connectivity index (χ0) is 34.7. The Labute approximate surface area is 293 Å². The molecule has 2 aromatic heterocycles. The van der Waals surface area contributed by atoms with Crippen molar-refractivity contribution in [2.45, 2.75) is 118 Å². The molecule has 7 unspecified atom stereocenters. The van der Waals surface area contributed by atoms with E-state index in [0.29, 0.717) is 37.3 Å². The minimum absolute atomic E-state index is 0.0445. The van der Waals surface area contributed by atoms with Crippen LogP contribution in [-0.2, 0) is 27.4 Å². The van der Waals surface area contributed by atoms with Crippen LogP contribution in [0.5, 0.6) is 0 Å². The van der Waals surface area contributed by atoms with Gasteiger partial charge in [-0.3, -0.25) is 19.7 Å². The van der Waals surface area contributed by atoms with E-state index in [4.69, 9.17) is 14.7 Å². The molecule has 264 valence electrons. The number of nitrogens with zero attached hydrogens (tertiary/aromatic N) is 3. The van der Waals surface area contributed by atoms with E-state index in [9.17, 15) is 14.7 Å². The zero-order valence-corrected chi connectivity index (χ0v) is 30.5. The van der Waals surface area contributed by atoms with Crippen LogP contribution in [-0.4, -0.2) is 51.0 Å². The Bertz CT molecular complexity index is 1560. The summed E-state index contributed by atoms with van der Waals surface area (Å²) in [4.78, 5) is 39.9. The quantitative estimate of drug-likeness (QED) is 0.171. The van der Waals surface area contributed by atoms with Gasteiger partial charge < -0.3 is 14.6 Å². The highest BCUT2D eigenvalue weighted by Gasteiger charge is 2.86. The number of aliphatic carboxylic acids is 1. The van der Waals surface area contributed by atoms with Crippen LogP contribution in [0.15, 0.2) is 48.3 Å². The van der Waals surface area contributed by atoms with Gasteiger partial charge in [0.25, 0.3) is 0 Å². The summed E-state index contributed by atoms with van der Waals surface area (Å²) in [5.41, 5.74) is 2.76. The molecule has 3 saturated carbocycles. The average molecular weight is 668 g/mol. The number of carbonyl (C=O) groups is 2. The van der Waals surface area contributed by atoms with E-state index in [1.807, 2.05) is 24.5 Å². The van der Waals surface area contributed by atoms with E-state index in [2.05, 4.69) is 64.7 Å². The fraction of sp³-hybridized carbons (Fsp3) is 0.667. The van der Waals surface area contributed by atoms with Crippen LogP contribution in [0.4, 0.5) is 0 Å². The average Bonchev–Trinajstić information content (AvgIpc) is 3.79. The molecule has 1 saturated heterocycles. The standard InChI is InChI=1S/C42H57N3O4/c1-7-8-13-30-18-38(49-37(30)24-45(22-35-28(5)11-9-16-43-35)23-36-29(6)12-10-17-44-36)41-21-32-27(4)14-15-33(32)40(25-46)20-31(41)19-34(26(2)3)42(40,41)39(47)48/h9-12,16-17,19,25-27,30-33,37-38H,7-8,13-15,18,20-24H2,1-6H3,(H,47,48)/t27-,30?,31?,32-,33-,37?,38?,40?,41?,42?/m1/s1. The number of ether oxygens (including phenoxy) is 1. The van der Waals surface area contributed by atoms with Crippen molar-refractivity contribution in [3.05, 3.63) is 70.8 Å². The highest BCUT2D eigenvalue weighted by Crippen LogP contribution is 2.84. The minimum Gasteiger partial charge on any atom is -0.481 e. The number of hydrogen-bond acceptors (Lipinski definition) is 6. The first kappa shape index (κ1) is 34.5. The number of rotatable bonds is 13. The maximum atomic E-state index is 14.2. The lowest BCUT2D eigenvalue weighted by Gasteiger charge is -2.60. The summed E-state index contributed by atoms with van der Waals surface area (Å²) in [5.74, 6) is 0.604. The van der Waals surface area contributed by atoms with Gasteiger partial charge in [0.2, 0.25) is 0 Å². The largest absolute Gasteiger partial charge is 0.481 e. The van der Waals surface area contributed by atoms with E-state index in [-0.39, 0.29) is 30.0 Å². The third kappa shape index (κ3) is 5.03. The van der Waals surface area contributed by atoms with Gasteiger partial charge in [-0.05, 0) is 105 Å². The van der Waals surface area contributed by atoms with E-state index >= 15 is 0 Å². The lowest BCUT2D eigenvalue weighted by Crippen LogP contribution is -2.65. The molecule has 0 aromatic carbocycles.